The summed E-state index contributed by atoms with van der Waals surface area (Å²) in [5.41, 5.74) is 3.76. The van der Waals surface area contributed by atoms with Gasteiger partial charge in [-0.2, -0.15) is 0 Å². The lowest BCUT2D eigenvalue weighted by molar-refractivity contribution is 0.601. The molecule has 0 radical (unpaired) electrons. The first-order chi connectivity index (χ1) is 9.95. The van der Waals surface area contributed by atoms with Crippen LogP contribution in [0.15, 0.2) is 41.3 Å². The van der Waals surface area contributed by atoms with Gasteiger partial charge in [-0.05, 0) is 73.2 Å². The smallest absolute Gasteiger partial charge is 0.261 e. The third kappa shape index (κ3) is 2.92. The van der Waals surface area contributed by atoms with Gasteiger partial charge in [-0.1, -0.05) is 17.7 Å². The van der Waals surface area contributed by atoms with Gasteiger partial charge in [-0.3, -0.25) is 4.72 Å². The molecule has 2 aromatic rings. The monoisotopic (exact) mass is 321 g/mol. The zero-order valence-electron chi connectivity index (χ0n) is 11.7. The van der Waals surface area contributed by atoms with Gasteiger partial charge < -0.3 is 0 Å². The SMILES string of the molecule is Cc1cc(Cl)ccc1NS(=O)(=O)c1ccc2c(c1)CCC2. The summed E-state index contributed by atoms with van der Waals surface area (Å²) in [5, 5.41) is 0.591. The van der Waals surface area contributed by atoms with Crippen molar-refractivity contribution >= 4 is 27.3 Å². The van der Waals surface area contributed by atoms with Crippen molar-refractivity contribution in [1.82, 2.24) is 0 Å². The summed E-state index contributed by atoms with van der Waals surface area (Å²) in [7, 11) is -3.56. The van der Waals surface area contributed by atoms with E-state index in [0.717, 1.165) is 30.4 Å². The highest BCUT2D eigenvalue weighted by Gasteiger charge is 2.19. The van der Waals surface area contributed by atoms with Crippen molar-refractivity contribution in [2.24, 2.45) is 0 Å². The van der Waals surface area contributed by atoms with Gasteiger partial charge in [0.1, 0.15) is 0 Å². The van der Waals surface area contributed by atoms with Gasteiger partial charge in [-0.15, -0.1) is 0 Å². The van der Waals surface area contributed by atoms with Gasteiger partial charge in [-0.25, -0.2) is 8.42 Å². The molecule has 0 saturated carbocycles. The number of halogens is 1. The Morgan fingerprint density at radius 1 is 1.05 bits per heavy atom. The van der Waals surface area contributed by atoms with Crippen molar-refractivity contribution in [2.45, 2.75) is 31.1 Å². The van der Waals surface area contributed by atoms with Gasteiger partial charge in [0.25, 0.3) is 10.0 Å². The molecule has 0 aliphatic heterocycles. The Morgan fingerprint density at radius 3 is 2.57 bits per heavy atom. The molecule has 3 rings (SSSR count). The Kier molecular flexibility index (Phi) is 3.68. The minimum absolute atomic E-state index is 0.317. The number of sulfonamides is 1. The number of benzene rings is 2. The summed E-state index contributed by atoms with van der Waals surface area (Å²) in [6, 6.07) is 10.5. The summed E-state index contributed by atoms with van der Waals surface area (Å²) in [6.45, 7) is 1.83. The van der Waals surface area contributed by atoms with Crippen LogP contribution in [0.5, 0.6) is 0 Å². The van der Waals surface area contributed by atoms with Crippen LogP contribution in [-0.4, -0.2) is 8.42 Å². The quantitative estimate of drug-likeness (QED) is 0.930. The molecule has 0 heterocycles. The molecule has 0 amide bonds. The van der Waals surface area contributed by atoms with Crippen LogP contribution in [-0.2, 0) is 22.9 Å². The van der Waals surface area contributed by atoms with Crippen LogP contribution in [0.3, 0.4) is 0 Å². The fourth-order valence-electron chi connectivity index (χ4n) is 2.66. The molecule has 0 saturated heterocycles. The van der Waals surface area contributed by atoms with Crippen LogP contribution in [0, 0.1) is 6.92 Å². The molecule has 0 atom stereocenters. The molecule has 21 heavy (non-hydrogen) atoms. The molecular formula is C16H16ClNO2S. The maximum atomic E-state index is 12.5. The van der Waals surface area contributed by atoms with E-state index < -0.39 is 10.0 Å². The number of anilines is 1. The molecular weight excluding hydrogens is 306 g/mol. The van der Waals surface area contributed by atoms with Crippen LogP contribution < -0.4 is 4.72 Å². The third-order valence-corrected chi connectivity index (χ3v) is 5.41. The summed E-state index contributed by atoms with van der Waals surface area (Å²) in [4.78, 5) is 0.317. The minimum atomic E-state index is -3.56. The van der Waals surface area contributed by atoms with Gasteiger partial charge in [0.15, 0.2) is 0 Å². The summed E-state index contributed by atoms with van der Waals surface area (Å²) >= 11 is 5.89. The van der Waals surface area contributed by atoms with Crippen molar-refractivity contribution in [1.29, 1.82) is 0 Å². The largest absolute Gasteiger partial charge is 0.279 e. The number of fused-ring (bicyclic) bond motifs is 1. The molecule has 0 fully saturated rings. The van der Waals surface area contributed by atoms with Crippen LogP contribution in [0.2, 0.25) is 5.02 Å². The van der Waals surface area contributed by atoms with Crippen molar-refractivity contribution in [3.8, 4) is 0 Å². The zero-order valence-corrected chi connectivity index (χ0v) is 13.3. The topological polar surface area (TPSA) is 46.2 Å². The lowest BCUT2D eigenvalue weighted by Crippen LogP contribution is -2.14. The fraction of sp³-hybridized carbons (Fsp3) is 0.250. The second kappa shape index (κ2) is 5.35. The van der Waals surface area contributed by atoms with Crippen molar-refractivity contribution in [2.75, 3.05) is 4.72 Å². The molecule has 110 valence electrons. The van der Waals surface area contributed by atoms with Crippen LogP contribution in [0.1, 0.15) is 23.1 Å². The van der Waals surface area contributed by atoms with E-state index >= 15 is 0 Å². The normalized spacial score (nSPS) is 14.0. The van der Waals surface area contributed by atoms with Crippen LogP contribution >= 0.6 is 11.6 Å². The van der Waals surface area contributed by atoms with Gasteiger partial charge in [0.05, 0.1) is 10.6 Å². The van der Waals surface area contributed by atoms with Crippen molar-refractivity contribution < 1.29 is 8.42 Å². The number of hydrogen-bond acceptors (Lipinski definition) is 2. The fourth-order valence-corrected chi connectivity index (χ4v) is 4.07. The van der Waals surface area contributed by atoms with Crippen LogP contribution in [0.25, 0.3) is 0 Å². The van der Waals surface area contributed by atoms with Crippen molar-refractivity contribution in [3.05, 3.63) is 58.1 Å². The Morgan fingerprint density at radius 2 is 1.81 bits per heavy atom. The van der Waals surface area contributed by atoms with E-state index in [1.54, 1.807) is 30.3 Å². The number of aryl methyl sites for hydroxylation is 3. The molecule has 1 aliphatic rings. The van der Waals surface area contributed by atoms with Gasteiger partial charge in [0.2, 0.25) is 0 Å². The van der Waals surface area contributed by atoms with E-state index in [-0.39, 0.29) is 0 Å². The maximum absolute atomic E-state index is 12.5. The van der Waals surface area contributed by atoms with Crippen molar-refractivity contribution in [3.63, 3.8) is 0 Å². The molecule has 1 N–H and O–H groups in total. The zero-order chi connectivity index (χ0) is 15.0. The Hall–Kier alpha value is -1.52. The lowest BCUT2D eigenvalue weighted by Gasteiger charge is -2.12. The first-order valence-corrected chi connectivity index (χ1v) is 8.72. The summed E-state index contributed by atoms with van der Waals surface area (Å²) < 4.78 is 27.6. The summed E-state index contributed by atoms with van der Waals surface area (Å²) in [5.74, 6) is 0. The van der Waals surface area contributed by atoms with Gasteiger partial charge >= 0.3 is 0 Å². The molecule has 0 bridgehead atoms. The summed E-state index contributed by atoms with van der Waals surface area (Å²) in [6.07, 6.45) is 3.10. The highest BCUT2D eigenvalue weighted by molar-refractivity contribution is 7.92. The first kappa shape index (κ1) is 14.4. The number of rotatable bonds is 3. The average molecular weight is 322 g/mol. The van der Waals surface area contributed by atoms with Crippen LogP contribution in [0.4, 0.5) is 5.69 Å². The number of hydrogen-bond donors (Lipinski definition) is 1. The van der Waals surface area contributed by atoms with E-state index in [2.05, 4.69) is 4.72 Å². The Bertz CT molecular complexity index is 800. The molecule has 0 unspecified atom stereocenters. The average Bonchev–Trinajstić information content (AvgIpc) is 2.89. The Labute approximate surface area is 130 Å². The molecule has 5 heteroatoms. The molecule has 1 aliphatic carbocycles. The van der Waals surface area contributed by atoms with E-state index in [4.69, 9.17) is 11.6 Å². The van der Waals surface area contributed by atoms with E-state index in [1.807, 2.05) is 13.0 Å². The second-order valence-corrected chi connectivity index (χ2v) is 7.47. The van der Waals surface area contributed by atoms with Gasteiger partial charge in [0, 0.05) is 5.02 Å². The maximum Gasteiger partial charge on any atom is 0.261 e. The van der Waals surface area contributed by atoms with E-state index in [0.29, 0.717) is 15.6 Å². The lowest BCUT2D eigenvalue weighted by atomic mass is 10.1. The highest BCUT2D eigenvalue weighted by Crippen LogP contribution is 2.27. The Balaban J connectivity index is 1.93. The standard InChI is InChI=1S/C16H16ClNO2S/c1-11-9-14(17)6-8-16(11)18-21(19,20)15-7-5-12-3-2-4-13(12)10-15/h5-10,18H,2-4H2,1H3. The predicted octanol–water partition coefficient (Wildman–Crippen LogP) is 3.94. The second-order valence-electron chi connectivity index (χ2n) is 5.35. The molecule has 2 aromatic carbocycles. The first-order valence-electron chi connectivity index (χ1n) is 6.86. The number of nitrogens with one attached hydrogen (secondary N) is 1. The predicted molar refractivity (Wildman–Crippen MR) is 85.5 cm³/mol. The highest BCUT2D eigenvalue weighted by atomic mass is 35.5. The van der Waals surface area contributed by atoms with E-state index in [9.17, 15) is 8.42 Å². The minimum Gasteiger partial charge on any atom is -0.279 e. The third-order valence-electron chi connectivity index (χ3n) is 3.81. The molecule has 0 aromatic heterocycles. The molecule has 0 spiro atoms. The molecule has 3 nitrogen and oxygen atoms in total. The van der Waals surface area contributed by atoms with E-state index in [1.165, 1.54) is 5.56 Å².